The van der Waals surface area contributed by atoms with Gasteiger partial charge < -0.3 is 14.6 Å². The summed E-state index contributed by atoms with van der Waals surface area (Å²) >= 11 is 0. The normalized spacial score (nSPS) is 16.9. The fourth-order valence-electron chi connectivity index (χ4n) is 3.30. The molecular weight excluding hydrogens is 347 g/mol. The van der Waals surface area contributed by atoms with Crippen LogP contribution in [0.2, 0.25) is 0 Å². The third kappa shape index (κ3) is 3.81. The second-order valence-electron chi connectivity index (χ2n) is 6.48. The van der Waals surface area contributed by atoms with Crippen LogP contribution in [0, 0.1) is 5.82 Å². The molecule has 6 nitrogen and oxygen atoms in total. The van der Waals surface area contributed by atoms with Crippen molar-refractivity contribution in [3.63, 3.8) is 0 Å². The number of hydrogen-bond acceptors (Lipinski definition) is 5. The number of likely N-dealkylation sites (tertiary alicyclic amines) is 1. The van der Waals surface area contributed by atoms with Gasteiger partial charge in [0.1, 0.15) is 5.82 Å². The van der Waals surface area contributed by atoms with Gasteiger partial charge in [0.05, 0.1) is 17.6 Å². The Morgan fingerprint density at radius 2 is 2.11 bits per heavy atom. The first-order valence-electron chi connectivity index (χ1n) is 8.88. The van der Waals surface area contributed by atoms with E-state index < -0.39 is 0 Å². The van der Waals surface area contributed by atoms with Crippen LogP contribution in [0.15, 0.2) is 59.3 Å². The molecule has 0 bridgehead atoms. The summed E-state index contributed by atoms with van der Waals surface area (Å²) in [5, 5.41) is 2.92. The molecule has 1 aliphatic rings. The number of furan rings is 1. The van der Waals surface area contributed by atoms with Crippen molar-refractivity contribution in [3.8, 4) is 0 Å². The number of nitrogens with zero attached hydrogens (tertiary/aromatic N) is 3. The number of carbonyl (C=O) groups excluding carboxylic acids is 1. The zero-order chi connectivity index (χ0) is 18.6. The Hall–Kier alpha value is -3.22. The van der Waals surface area contributed by atoms with Gasteiger partial charge in [-0.2, -0.15) is 0 Å². The van der Waals surface area contributed by atoms with Gasteiger partial charge in [-0.15, -0.1) is 0 Å². The van der Waals surface area contributed by atoms with Crippen molar-refractivity contribution < 1.29 is 13.6 Å². The minimum Gasteiger partial charge on any atom is -0.459 e. The first-order chi connectivity index (χ1) is 13.2. The Morgan fingerprint density at radius 3 is 2.93 bits per heavy atom. The predicted molar refractivity (Wildman–Crippen MR) is 98.3 cm³/mol. The molecule has 1 N–H and O–H groups in total. The molecule has 1 amide bonds. The van der Waals surface area contributed by atoms with E-state index >= 15 is 0 Å². The smallest absolute Gasteiger partial charge is 0.289 e. The standard InChI is InChI=1S/C20H19FN4O2/c21-15-6-1-2-7-17(15)24-20-22-10-9-16(23-20)14-5-3-11-25(13-14)19(26)18-8-4-12-27-18/h1-2,4,6-10,12,14H,3,5,11,13H2,(H,22,23,24). The van der Waals surface area contributed by atoms with Crippen molar-refractivity contribution in [1.82, 2.24) is 14.9 Å². The number of aromatic nitrogens is 2. The fourth-order valence-corrected chi connectivity index (χ4v) is 3.30. The van der Waals surface area contributed by atoms with Crippen LogP contribution >= 0.6 is 0 Å². The van der Waals surface area contributed by atoms with Crippen LogP contribution in [0.5, 0.6) is 0 Å². The minimum atomic E-state index is -0.362. The molecule has 0 radical (unpaired) electrons. The summed E-state index contributed by atoms with van der Waals surface area (Å²) in [7, 11) is 0. The molecule has 1 unspecified atom stereocenters. The molecule has 1 aliphatic heterocycles. The summed E-state index contributed by atoms with van der Waals surface area (Å²) in [6, 6.07) is 11.6. The van der Waals surface area contributed by atoms with Gasteiger partial charge in [-0.05, 0) is 43.2 Å². The monoisotopic (exact) mass is 366 g/mol. The number of anilines is 2. The van der Waals surface area contributed by atoms with Crippen LogP contribution in [-0.4, -0.2) is 33.9 Å². The van der Waals surface area contributed by atoms with E-state index in [9.17, 15) is 9.18 Å². The van der Waals surface area contributed by atoms with Crippen LogP contribution in [0.3, 0.4) is 0 Å². The van der Waals surface area contributed by atoms with Gasteiger partial charge in [0.25, 0.3) is 5.91 Å². The summed E-state index contributed by atoms with van der Waals surface area (Å²) in [6.07, 6.45) is 4.97. The topological polar surface area (TPSA) is 71.3 Å². The van der Waals surface area contributed by atoms with Crippen molar-refractivity contribution in [1.29, 1.82) is 0 Å². The molecule has 3 aromatic rings. The number of benzene rings is 1. The van der Waals surface area contributed by atoms with Crippen LogP contribution in [0.1, 0.15) is 35.0 Å². The molecule has 1 fully saturated rings. The number of amides is 1. The van der Waals surface area contributed by atoms with Gasteiger partial charge in [-0.3, -0.25) is 4.79 Å². The van der Waals surface area contributed by atoms with Gasteiger partial charge in [0, 0.05) is 25.2 Å². The third-order valence-corrected chi connectivity index (χ3v) is 4.66. The zero-order valence-electron chi connectivity index (χ0n) is 14.6. The van der Waals surface area contributed by atoms with E-state index in [-0.39, 0.29) is 17.6 Å². The van der Waals surface area contributed by atoms with Gasteiger partial charge in [-0.25, -0.2) is 14.4 Å². The maximum absolute atomic E-state index is 13.8. The highest BCUT2D eigenvalue weighted by Gasteiger charge is 2.27. The van der Waals surface area contributed by atoms with Crippen molar-refractivity contribution in [3.05, 3.63) is 72.2 Å². The average Bonchev–Trinajstić information content (AvgIpc) is 3.24. The Balaban J connectivity index is 1.50. The number of hydrogen-bond donors (Lipinski definition) is 1. The number of rotatable bonds is 4. The van der Waals surface area contributed by atoms with Gasteiger partial charge in [0.15, 0.2) is 5.76 Å². The van der Waals surface area contributed by atoms with Crippen molar-refractivity contribution >= 4 is 17.5 Å². The molecule has 0 spiro atoms. The lowest BCUT2D eigenvalue weighted by Gasteiger charge is -2.32. The molecular formula is C20H19FN4O2. The number of carbonyl (C=O) groups is 1. The molecule has 27 heavy (non-hydrogen) atoms. The molecule has 7 heteroatoms. The maximum Gasteiger partial charge on any atom is 0.289 e. The highest BCUT2D eigenvalue weighted by atomic mass is 19.1. The predicted octanol–water partition coefficient (Wildman–Crippen LogP) is 3.97. The minimum absolute atomic E-state index is 0.0989. The molecule has 0 saturated carbocycles. The molecule has 138 valence electrons. The largest absolute Gasteiger partial charge is 0.459 e. The lowest BCUT2D eigenvalue weighted by atomic mass is 9.94. The molecule has 2 aromatic heterocycles. The van der Waals surface area contributed by atoms with Crippen LogP contribution in [0.4, 0.5) is 16.0 Å². The lowest BCUT2D eigenvalue weighted by molar-refractivity contribution is 0.0673. The highest BCUT2D eigenvalue weighted by molar-refractivity contribution is 5.91. The van der Waals surface area contributed by atoms with E-state index in [2.05, 4.69) is 15.3 Å². The van der Waals surface area contributed by atoms with Crippen LogP contribution in [-0.2, 0) is 0 Å². The Morgan fingerprint density at radius 1 is 1.22 bits per heavy atom. The van der Waals surface area contributed by atoms with E-state index in [1.165, 1.54) is 12.3 Å². The molecule has 1 aromatic carbocycles. The molecule has 1 saturated heterocycles. The average molecular weight is 366 g/mol. The van der Waals surface area contributed by atoms with Crippen LogP contribution in [0.25, 0.3) is 0 Å². The zero-order valence-corrected chi connectivity index (χ0v) is 14.6. The Labute approximate surface area is 156 Å². The summed E-state index contributed by atoms with van der Waals surface area (Å²) in [4.78, 5) is 23.0. The maximum atomic E-state index is 13.8. The quantitative estimate of drug-likeness (QED) is 0.756. The Kier molecular flexibility index (Phi) is 4.82. The fraction of sp³-hybridized carbons (Fsp3) is 0.250. The van der Waals surface area contributed by atoms with Crippen molar-refractivity contribution in [2.75, 3.05) is 18.4 Å². The van der Waals surface area contributed by atoms with Crippen LogP contribution < -0.4 is 5.32 Å². The molecule has 1 atom stereocenters. The summed E-state index contributed by atoms with van der Waals surface area (Å²) in [5.74, 6) is 0.317. The first kappa shape index (κ1) is 17.2. The lowest BCUT2D eigenvalue weighted by Crippen LogP contribution is -2.39. The van der Waals surface area contributed by atoms with Crippen molar-refractivity contribution in [2.24, 2.45) is 0 Å². The molecule has 4 rings (SSSR count). The Bertz CT molecular complexity index is 929. The summed E-state index contributed by atoms with van der Waals surface area (Å²) in [5.41, 5.74) is 1.16. The van der Waals surface area contributed by atoms with Gasteiger partial charge in [-0.1, -0.05) is 12.1 Å². The summed E-state index contributed by atoms with van der Waals surface area (Å²) < 4.78 is 19.1. The molecule has 0 aliphatic carbocycles. The van der Waals surface area contributed by atoms with E-state index in [1.54, 1.807) is 41.4 Å². The second kappa shape index (κ2) is 7.57. The number of para-hydroxylation sites is 1. The van der Waals surface area contributed by atoms with Gasteiger partial charge >= 0.3 is 0 Å². The third-order valence-electron chi connectivity index (χ3n) is 4.66. The number of piperidine rings is 1. The number of halogens is 1. The van der Waals surface area contributed by atoms with E-state index in [4.69, 9.17) is 4.42 Å². The summed E-state index contributed by atoms with van der Waals surface area (Å²) in [6.45, 7) is 1.26. The SMILES string of the molecule is O=C(c1ccco1)N1CCCC(c2ccnc(Nc3ccccc3F)n2)C1. The molecule has 3 heterocycles. The number of nitrogens with one attached hydrogen (secondary N) is 1. The van der Waals surface area contributed by atoms with E-state index in [0.717, 1.165) is 18.5 Å². The van der Waals surface area contributed by atoms with E-state index in [1.807, 2.05) is 6.07 Å². The highest BCUT2D eigenvalue weighted by Crippen LogP contribution is 2.27. The van der Waals surface area contributed by atoms with Crippen molar-refractivity contribution in [2.45, 2.75) is 18.8 Å². The second-order valence-corrected chi connectivity index (χ2v) is 6.48. The first-order valence-corrected chi connectivity index (χ1v) is 8.88. The van der Waals surface area contributed by atoms with Gasteiger partial charge in [0.2, 0.25) is 5.95 Å². The van der Waals surface area contributed by atoms with E-state index in [0.29, 0.717) is 30.5 Å².